The zero-order chi connectivity index (χ0) is 18.4. The third kappa shape index (κ3) is 5.46. The summed E-state index contributed by atoms with van der Waals surface area (Å²) in [5.41, 5.74) is 2.73. The molecule has 0 saturated carbocycles. The largest absolute Gasteiger partial charge is 0.459 e. The number of benzene rings is 2. The van der Waals surface area contributed by atoms with Crippen LogP contribution in [-0.2, 0) is 11.3 Å². The topological polar surface area (TPSA) is 78.7 Å². The summed E-state index contributed by atoms with van der Waals surface area (Å²) in [6.07, 6.45) is 0. The van der Waals surface area contributed by atoms with Crippen molar-refractivity contribution in [2.45, 2.75) is 13.5 Å². The van der Waals surface area contributed by atoms with Crippen molar-refractivity contribution in [3.05, 3.63) is 65.9 Å². The average Bonchev–Trinajstić information content (AvgIpc) is 2.99. The van der Waals surface area contributed by atoms with Gasteiger partial charge in [0.25, 0.3) is 0 Å². The minimum atomic E-state index is -0.140. The summed E-state index contributed by atoms with van der Waals surface area (Å²) in [6.45, 7) is 2.64. The highest BCUT2D eigenvalue weighted by atomic mass is 127. The number of fused-ring (bicyclic) bond motifs is 1. The molecule has 1 heterocycles. The molecule has 3 rings (SSSR count). The minimum absolute atomic E-state index is 0. The van der Waals surface area contributed by atoms with Gasteiger partial charge < -0.3 is 20.4 Å². The van der Waals surface area contributed by atoms with Gasteiger partial charge in [0, 0.05) is 23.7 Å². The number of carbonyl (C=O) groups excluding carboxylic acids is 1. The van der Waals surface area contributed by atoms with Crippen LogP contribution in [0.2, 0.25) is 0 Å². The number of aryl methyl sites for hydroxylation is 1. The van der Waals surface area contributed by atoms with E-state index >= 15 is 0 Å². The van der Waals surface area contributed by atoms with Gasteiger partial charge >= 0.3 is 0 Å². The molecule has 0 aliphatic heterocycles. The lowest BCUT2D eigenvalue weighted by Gasteiger charge is -2.11. The molecule has 6 nitrogen and oxygen atoms in total. The van der Waals surface area contributed by atoms with Crippen LogP contribution in [0.25, 0.3) is 11.0 Å². The van der Waals surface area contributed by atoms with Crippen molar-refractivity contribution < 1.29 is 9.21 Å². The highest BCUT2D eigenvalue weighted by Gasteiger charge is 2.10. The molecular weight excluding hydrogens is 455 g/mol. The van der Waals surface area contributed by atoms with Crippen molar-refractivity contribution in [1.82, 2.24) is 10.6 Å². The molecule has 0 aliphatic carbocycles. The van der Waals surface area contributed by atoms with Gasteiger partial charge in [-0.1, -0.05) is 36.4 Å². The van der Waals surface area contributed by atoms with Gasteiger partial charge in [-0.2, -0.15) is 0 Å². The summed E-state index contributed by atoms with van der Waals surface area (Å²) in [4.78, 5) is 16.1. The van der Waals surface area contributed by atoms with E-state index in [1.807, 2.05) is 61.5 Å². The van der Waals surface area contributed by atoms with E-state index in [0.29, 0.717) is 12.5 Å². The number of hydrogen-bond donors (Lipinski definition) is 3. The molecule has 2 aromatic carbocycles. The first kappa shape index (κ1) is 20.8. The normalized spacial score (nSPS) is 11.0. The molecule has 3 aromatic rings. The number of hydrogen-bond acceptors (Lipinski definition) is 3. The number of nitrogens with zero attached hydrogens (tertiary/aromatic N) is 1. The van der Waals surface area contributed by atoms with Crippen LogP contribution in [0, 0.1) is 6.92 Å². The van der Waals surface area contributed by atoms with E-state index in [2.05, 4.69) is 20.9 Å². The lowest BCUT2D eigenvalue weighted by atomic mass is 10.1. The number of anilines is 1. The van der Waals surface area contributed by atoms with Crippen LogP contribution in [0.4, 0.5) is 5.69 Å². The number of amides is 1. The first-order chi connectivity index (χ1) is 12.7. The van der Waals surface area contributed by atoms with E-state index in [1.54, 1.807) is 7.05 Å². The Bertz CT molecular complexity index is 922. The summed E-state index contributed by atoms with van der Waals surface area (Å²) >= 11 is 0. The molecule has 0 fully saturated rings. The quantitative estimate of drug-likeness (QED) is 0.297. The number of carbonyl (C=O) groups is 1. The van der Waals surface area contributed by atoms with E-state index in [9.17, 15) is 4.79 Å². The Morgan fingerprint density at radius 1 is 1.04 bits per heavy atom. The molecule has 0 saturated heterocycles. The van der Waals surface area contributed by atoms with Crippen LogP contribution >= 0.6 is 24.0 Å². The Kier molecular flexibility index (Phi) is 7.66. The third-order valence-electron chi connectivity index (χ3n) is 4.06. The van der Waals surface area contributed by atoms with Crippen LogP contribution in [0.3, 0.4) is 0 Å². The molecule has 0 unspecified atom stereocenters. The number of para-hydroxylation sites is 2. The van der Waals surface area contributed by atoms with Crippen LogP contribution in [-0.4, -0.2) is 25.5 Å². The van der Waals surface area contributed by atoms with E-state index < -0.39 is 0 Å². The molecule has 0 spiro atoms. The van der Waals surface area contributed by atoms with E-state index in [0.717, 1.165) is 28.0 Å². The Morgan fingerprint density at radius 2 is 1.74 bits per heavy atom. The Balaban J connectivity index is 0.00000261. The van der Waals surface area contributed by atoms with Gasteiger partial charge in [-0.3, -0.25) is 9.79 Å². The lowest BCUT2D eigenvalue weighted by molar-refractivity contribution is -0.115. The second-order valence-corrected chi connectivity index (χ2v) is 5.84. The van der Waals surface area contributed by atoms with Crippen molar-refractivity contribution in [2.24, 2.45) is 4.99 Å². The van der Waals surface area contributed by atoms with Gasteiger partial charge in [0.05, 0.1) is 13.1 Å². The summed E-state index contributed by atoms with van der Waals surface area (Å²) in [7, 11) is 1.66. The highest BCUT2D eigenvalue weighted by Crippen LogP contribution is 2.24. The van der Waals surface area contributed by atoms with E-state index in [4.69, 9.17) is 4.42 Å². The van der Waals surface area contributed by atoms with Gasteiger partial charge in [0.15, 0.2) is 5.96 Å². The lowest BCUT2D eigenvalue weighted by Crippen LogP contribution is -2.41. The molecular formula is C20H23IN4O2. The molecule has 0 bridgehead atoms. The Morgan fingerprint density at radius 3 is 2.44 bits per heavy atom. The van der Waals surface area contributed by atoms with Crippen molar-refractivity contribution in [1.29, 1.82) is 0 Å². The summed E-state index contributed by atoms with van der Waals surface area (Å²) in [5, 5.41) is 10.1. The van der Waals surface area contributed by atoms with Crippen LogP contribution in [0.5, 0.6) is 0 Å². The molecule has 3 N–H and O–H groups in total. The first-order valence-electron chi connectivity index (χ1n) is 8.44. The maximum absolute atomic E-state index is 12.0. The molecule has 0 radical (unpaired) electrons. The van der Waals surface area contributed by atoms with Gasteiger partial charge in [-0.15, -0.1) is 24.0 Å². The molecule has 0 aliphatic rings. The minimum Gasteiger partial charge on any atom is -0.459 e. The fourth-order valence-corrected chi connectivity index (χ4v) is 2.67. The smallest absolute Gasteiger partial charge is 0.243 e. The second-order valence-electron chi connectivity index (χ2n) is 5.84. The van der Waals surface area contributed by atoms with Crippen LogP contribution < -0.4 is 16.0 Å². The van der Waals surface area contributed by atoms with Crippen molar-refractivity contribution >= 4 is 52.5 Å². The SMILES string of the molecule is CN=C(NCC(=O)Nc1ccccc1)NCc1oc2ccccc2c1C.I. The molecule has 7 heteroatoms. The zero-order valence-electron chi connectivity index (χ0n) is 15.3. The summed E-state index contributed by atoms with van der Waals surface area (Å²) < 4.78 is 5.87. The Hall–Kier alpha value is -2.55. The fourth-order valence-electron chi connectivity index (χ4n) is 2.67. The summed E-state index contributed by atoms with van der Waals surface area (Å²) in [5.74, 6) is 1.25. The molecule has 1 amide bonds. The monoisotopic (exact) mass is 478 g/mol. The standard InChI is InChI=1S/C20H22N4O2.HI/c1-14-16-10-6-7-11-17(16)26-18(14)12-22-20(21-2)23-13-19(25)24-15-8-4-3-5-9-15;/h3-11H,12-13H2,1-2H3,(H,24,25)(H2,21,22,23);1H. The number of aliphatic imine (C=N–C) groups is 1. The number of nitrogens with one attached hydrogen (secondary N) is 3. The zero-order valence-corrected chi connectivity index (χ0v) is 17.6. The number of rotatable bonds is 5. The maximum Gasteiger partial charge on any atom is 0.243 e. The van der Waals surface area contributed by atoms with Crippen molar-refractivity contribution in [3.8, 4) is 0 Å². The highest BCUT2D eigenvalue weighted by molar-refractivity contribution is 14.0. The molecule has 142 valence electrons. The second kappa shape index (κ2) is 9.96. The average molecular weight is 478 g/mol. The van der Waals surface area contributed by atoms with Crippen molar-refractivity contribution in [3.63, 3.8) is 0 Å². The molecule has 1 aromatic heterocycles. The molecule has 27 heavy (non-hydrogen) atoms. The van der Waals surface area contributed by atoms with Gasteiger partial charge in [-0.25, -0.2) is 0 Å². The van der Waals surface area contributed by atoms with Gasteiger partial charge in [-0.05, 0) is 25.1 Å². The fraction of sp³-hybridized carbons (Fsp3) is 0.200. The van der Waals surface area contributed by atoms with Crippen LogP contribution in [0.15, 0.2) is 64.0 Å². The van der Waals surface area contributed by atoms with E-state index in [1.165, 1.54) is 0 Å². The maximum atomic E-state index is 12.0. The number of halogens is 1. The third-order valence-corrected chi connectivity index (χ3v) is 4.06. The predicted octanol–water partition coefficient (Wildman–Crippen LogP) is 3.66. The van der Waals surface area contributed by atoms with Gasteiger partial charge in [0.2, 0.25) is 5.91 Å². The predicted molar refractivity (Wildman–Crippen MR) is 120 cm³/mol. The van der Waals surface area contributed by atoms with E-state index in [-0.39, 0.29) is 36.4 Å². The first-order valence-corrected chi connectivity index (χ1v) is 8.44. The van der Waals surface area contributed by atoms with Crippen molar-refractivity contribution in [2.75, 3.05) is 18.9 Å². The Labute approximate surface area is 175 Å². The number of guanidine groups is 1. The van der Waals surface area contributed by atoms with Gasteiger partial charge in [0.1, 0.15) is 11.3 Å². The number of furan rings is 1. The van der Waals surface area contributed by atoms with Crippen LogP contribution in [0.1, 0.15) is 11.3 Å². The molecule has 0 atom stereocenters. The summed E-state index contributed by atoms with van der Waals surface area (Å²) in [6, 6.07) is 17.3.